The molecule has 2 unspecified atom stereocenters. The Morgan fingerprint density at radius 3 is 2.79 bits per heavy atom. The van der Waals surface area contributed by atoms with Crippen molar-refractivity contribution in [1.29, 1.82) is 0 Å². The molecule has 1 fully saturated rings. The molecule has 2 rings (SSSR count). The van der Waals surface area contributed by atoms with E-state index in [9.17, 15) is 14.7 Å². The van der Waals surface area contributed by atoms with Gasteiger partial charge in [-0.25, -0.2) is 4.79 Å². The summed E-state index contributed by atoms with van der Waals surface area (Å²) in [5.74, 6) is -0.231. The van der Waals surface area contributed by atoms with Crippen molar-refractivity contribution in [1.82, 2.24) is 0 Å². The Morgan fingerprint density at radius 1 is 1.41 bits per heavy atom. The van der Waals surface area contributed by atoms with E-state index in [1.165, 1.54) is 6.08 Å². The molecule has 1 aliphatic rings. The molecular formula is C23H27ClO5. The van der Waals surface area contributed by atoms with Crippen molar-refractivity contribution in [2.45, 2.75) is 43.8 Å². The highest BCUT2D eigenvalue weighted by Crippen LogP contribution is 2.33. The number of carbonyl (C=O) groups excluding carboxylic acids is 2. The van der Waals surface area contributed by atoms with Gasteiger partial charge in [0.05, 0.1) is 7.11 Å². The van der Waals surface area contributed by atoms with Crippen LogP contribution in [0.4, 0.5) is 0 Å². The molecule has 0 radical (unpaired) electrons. The Bertz CT molecular complexity index is 782. The monoisotopic (exact) mass is 418 g/mol. The van der Waals surface area contributed by atoms with Crippen LogP contribution in [0.2, 0.25) is 0 Å². The van der Waals surface area contributed by atoms with Crippen LogP contribution in [0.5, 0.6) is 5.75 Å². The van der Waals surface area contributed by atoms with Gasteiger partial charge in [0.1, 0.15) is 17.6 Å². The molecule has 29 heavy (non-hydrogen) atoms. The predicted octanol–water partition coefficient (Wildman–Crippen LogP) is 4.20. The van der Waals surface area contributed by atoms with Crippen LogP contribution in [0, 0.1) is 11.8 Å². The van der Waals surface area contributed by atoms with E-state index >= 15 is 0 Å². The summed E-state index contributed by atoms with van der Waals surface area (Å²) in [6, 6.07) is 8.44. The third-order valence-corrected chi connectivity index (χ3v) is 5.33. The maximum absolute atomic E-state index is 12.2. The zero-order valence-electron chi connectivity index (χ0n) is 16.7. The number of para-hydroxylation sites is 1. The Morgan fingerprint density at radius 2 is 2.14 bits per heavy atom. The van der Waals surface area contributed by atoms with Gasteiger partial charge in [-0.15, -0.1) is 5.73 Å². The molecule has 6 heteroatoms. The molecule has 5 nitrogen and oxygen atoms in total. The minimum absolute atomic E-state index is 0.0854. The highest BCUT2D eigenvalue weighted by atomic mass is 35.5. The largest absolute Gasteiger partial charge is 0.465 e. The van der Waals surface area contributed by atoms with E-state index in [0.29, 0.717) is 18.6 Å². The summed E-state index contributed by atoms with van der Waals surface area (Å²) in [7, 11) is 1.16. The number of carbonyl (C=O) groups is 2. The topological polar surface area (TPSA) is 72.8 Å². The number of aliphatic hydroxyl groups is 1. The number of Topliss-reactive ketones (excluding diaryl/α,β-unsaturated/α-hetero) is 1. The minimum Gasteiger partial charge on any atom is -0.465 e. The molecule has 1 saturated carbocycles. The van der Waals surface area contributed by atoms with Gasteiger partial charge in [0.2, 0.25) is 0 Å². The molecule has 156 valence electrons. The van der Waals surface area contributed by atoms with Gasteiger partial charge in [-0.3, -0.25) is 4.79 Å². The van der Waals surface area contributed by atoms with Gasteiger partial charge in [0.25, 0.3) is 0 Å². The molecular weight excluding hydrogens is 392 g/mol. The molecule has 1 aliphatic carbocycles. The number of rotatable bonds is 9. The number of esters is 1. The first-order chi connectivity index (χ1) is 13.9. The van der Waals surface area contributed by atoms with Crippen molar-refractivity contribution >= 4 is 23.4 Å². The maximum atomic E-state index is 12.2. The average molecular weight is 419 g/mol. The van der Waals surface area contributed by atoms with E-state index in [0.717, 1.165) is 20.0 Å². The third-order valence-electron chi connectivity index (χ3n) is 4.87. The maximum Gasteiger partial charge on any atom is 0.369 e. The van der Waals surface area contributed by atoms with Gasteiger partial charge >= 0.3 is 11.0 Å². The van der Waals surface area contributed by atoms with Crippen molar-refractivity contribution in [2.75, 3.05) is 7.11 Å². The van der Waals surface area contributed by atoms with Crippen molar-refractivity contribution in [3.63, 3.8) is 0 Å². The van der Waals surface area contributed by atoms with Crippen LogP contribution in [0.25, 0.3) is 0 Å². The number of aliphatic hydroxyl groups excluding tert-OH is 1. The highest BCUT2D eigenvalue weighted by Gasteiger charge is 2.47. The van der Waals surface area contributed by atoms with Crippen LogP contribution in [-0.2, 0) is 14.3 Å². The van der Waals surface area contributed by atoms with Gasteiger partial charge in [0, 0.05) is 12.3 Å². The van der Waals surface area contributed by atoms with Gasteiger partial charge in [-0.1, -0.05) is 48.9 Å². The Labute approximate surface area is 176 Å². The van der Waals surface area contributed by atoms with E-state index in [-0.39, 0.29) is 17.6 Å². The second-order valence-electron chi connectivity index (χ2n) is 6.88. The molecule has 1 aromatic rings. The molecule has 0 amide bonds. The molecule has 0 saturated heterocycles. The number of benzene rings is 1. The second-order valence-corrected chi connectivity index (χ2v) is 7.44. The van der Waals surface area contributed by atoms with Gasteiger partial charge in [-0.05, 0) is 49.5 Å². The second kappa shape index (κ2) is 11.0. The summed E-state index contributed by atoms with van der Waals surface area (Å²) in [6.45, 7) is 2.06. The number of hydrogen-bond acceptors (Lipinski definition) is 5. The van der Waals surface area contributed by atoms with E-state index in [1.807, 2.05) is 0 Å². The highest BCUT2D eigenvalue weighted by molar-refractivity contribution is 6.33. The Balaban J connectivity index is 2.10. The fourth-order valence-corrected chi connectivity index (χ4v) is 3.49. The fourth-order valence-electron chi connectivity index (χ4n) is 3.27. The van der Waals surface area contributed by atoms with Crippen LogP contribution >= 0.6 is 11.6 Å². The number of methoxy groups -OCH3 is 1. The van der Waals surface area contributed by atoms with Crippen molar-refractivity contribution in [3.05, 3.63) is 60.4 Å². The lowest BCUT2D eigenvalue weighted by atomic mass is 9.91. The lowest BCUT2D eigenvalue weighted by Crippen LogP contribution is -2.49. The van der Waals surface area contributed by atoms with Crippen LogP contribution in [-0.4, -0.2) is 35.1 Å². The lowest BCUT2D eigenvalue weighted by molar-refractivity contribution is -0.157. The van der Waals surface area contributed by atoms with Crippen LogP contribution in [0.15, 0.2) is 60.4 Å². The quantitative estimate of drug-likeness (QED) is 0.281. The van der Waals surface area contributed by atoms with Gasteiger partial charge in [-0.2, -0.15) is 0 Å². The van der Waals surface area contributed by atoms with Crippen molar-refractivity contribution < 1.29 is 24.2 Å². The van der Waals surface area contributed by atoms with Crippen molar-refractivity contribution in [3.8, 4) is 5.75 Å². The number of alkyl halides is 1. The first-order valence-electron chi connectivity index (χ1n) is 9.72. The molecule has 4 atom stereocenters. The summed E-state index contributed by atoms with van der Waals surface area (Å²) >= 11 is 6.29. The molecule has 1 aromatic carbocycles. The summed E-state index contributed by atoms with van der Waals surface area (Å²) in [5.41, 5.74) is 2.83. The fraction of sp³-hybridized carbons (Fsp3) is 0.435. The van der Waals surface area contributed by atoms with Gasteiger partial charge in [0.15, 0.2) is 0 Å². The Hall–Kier alpha value is -2.33. The molecule has 1 N–H and O–H groups in total. The summed E-state index contributed by atoms with van der Waals surface area (Å²) < 4.78 is 10.2. The number of hydrogen-bond donors (Lipinski definition) is 1. The standard InChI is InChI=1S/C23H27ClO5/c1-3-4-10-17-15-16-20(25)19(17)13-8-9-14-21(26)23(24,22(27)28-2)29-18-11-6-5-7-12-18/h4-8,10-12,14,17,19,21,26H,3,13,15-16H2,1-2H3/b10-4+/t9?,17-,19+,21?,23?/m0/s1/i26+0. The minimum atomic E-state index is -2.15. The van der Waals surface area contributed by atoms with Crippen LogP contribution < -0.4 is 4.74 Å². The third kappa shape index (κ3) is 6.07. The molecule has 0 aromatic heterocycles. The first kappa shape index (κ1) is 23.0. The number of ether oxygens (including phenoxy) is 2. The van der Waals surface area contributed by atoms with E-state index in [2.05, 4.69) is 24.8 Å². The average Bonchev–Trinajstić information content (AvgIpc) is 3.08. The van der Waals surface area contributed by atoms with Gasteiger partial charge < -0.3 is 14.6 Å². The van der Waals surface area contributed by atoms with Crippen LogP contribution in [0.1, 0.15) is 32.6 Å². The van der Waals surface area contributed by atoms with Crippen LogP contribution in [0.3, 0.4) is 0 Å². The SMILES string of the molecule is CC/C=C/[C@H]1CCC(=O)[C@@H]1CC=C=CC([16OH])C(Cl)(Oc1ccccc1)C(=O)OC. The Kier molecular flexibility index (Phi) is 8.71. The molecule has 0 bridgehead atoms. The zero-order chi connectivity index (χ0) is 21.3. The summed E-state index contributed by atoms with van der Waals surface area (Å²) in [6.07, 6.45) is 8.49. The smallest absolute Gasteiger partial charge is 0.369 e. The lowest BCUT2D eigenvalue weighted by Gasteiger charge is -2.27. The normalized spacial score (nSPS) is 21.9. The summed E-state index contributed by atoms with van der Waals surface area (Å²) in [5, 5.41) is 8.32. The molecule has 0 heterocycles. The van der Waals surface area contributed by atoms with E-state index in [4.69, 9.17) is 21.1 Å². The number of ketones is 1. The number of allylic oxidation sites excluding steroid dienone is 2. The van der Waals surface area contributed by atoms with E-state index < -0.39 is 17.1 Å². The zero-order valence-corrected chi connectivity index (χ0v) is 17.5. The summed E-state index contributed by atoms with van der Waals surface area (Å²) in [4.78, 5) is 24.3. The predicted molar refractivity (Wildman–Crippen MR) is 112 cm³/mol. The van der Waals surface area contributed by atoms with E-state index in [1.54, 1.807) is 36.4 Å². The number of halogens is 1. The first-order valence-corrected chi connectivity index (χ1v) is 10.1. The van der Waals surface area contributed by atoms with Crippen molar-refractivity contribution in [2.24, 2.45) is 11.8 Å². The molecule has 0 aliphatic heterocycles. The molecule has 0 spiro atoms.